The third-order valence-electron chi connectivity index (χ3n) is 7.19. The Bertz CT molecular complexity index is 1470. The molecular formula is C34H35N5O2. The van der Waals surface area contributed by atoms with Crippen LogP contribution in [-0.2, 0) is 11.3 Å². The van der Waals surface area contributed by atoms with E-state index in [-0.39, 0.29) is 11.7 Å². The van der Waals surface area contributed by atoms with E-state index in [1.165, 1.54) is 12.5 Å². The van der Waals surface area contributed by atoms with Crippen LogP contribution in [0.5, 0.6) is 0 Å². The number of para-hydroxylation sites is 2. The second kappa shape index (κ2) is 13.7. The predicted molar refractivity (Wildman–Crippen MR) is 165 cm³/mol. The van der Waals surface area contributed by atoms with Gasteiger partial charge in [0.1, 0.15) is 5.71 Å². The van der Waals surface area contributed by atoms with E-state index in [9.17, 15) is 9.59 Å². The highest BCUT2D eigenvalue weighted by Gasteiger charge is 2.34. The number of carbonyl (C=O) groups is 2. The molecule has 1 fully saturated rings. The van der Waals surface area contributed by atoms with E-state index >= 15 is 0 Å². The normalized spacial score (nSPS) is 15.2. The van der Waals surface area contributed by atoms with Gasteiger partial charge in [0.25, 0.3) is 0 Å². The third-order valence-corrected chi connectivity index (χ3v) is 7.19. The zero-order valence-corrected chi connectivity index (χ0v) is 23.2. The lowest BCUT2D eigenvalue weighted by molar-refractivity contribution is -0.114. The van der Waals surface area contributed by atoms with Crippen LogP contribution in [0.4, 0.5) is 11.4 Å². The first-order valence-electron chi connectivity index (χ1n) is 13.9. The summed E-state index contributed by atoms with van der Waals surface area (Å²) in [6, 6.07) is 36.5. The highest BCUT2D eigenvalue weighted by Crippen LogP contribution is 2.32. The molecule has 0 saturated carbocycles. The number of nitrogens with zero attached hydrogens (tertiary/aromatic N) is 3. The van der Waals surface area contributed by atoms with Crippen LogP contribution in [0.15, 0.2) is 120 Å². The van der Waals surface area contributed by atoms with Crippen LogP contribution in [0.2, 0.25) is 0 Å². The van der Waals surface area contributed by atoms with Crippen molar-refractivity contribution in [2.24, 2.45) is 5.10 Å². The van der Waals surface area contributed by atoms with E-state index in [1.54, 1.807) is 0 Å². The first-order chi connectivity index (χ1) is 20.1. The molecule has 2 N–H and O–H groups in total. The topological polar surface area (TPSA) is 77.0 Å². The number of hydrogen-bond donors (Lipinski definition) is 2. The Morgan fingerprint density at radius 1 is 0.756 bits per heavy atom. The number of hydrazone groups is 1. The van der Waals surface area contributed by atoms with Gasteiger partial charge in [0.2, 0.25) is 11.7 Å². The largest absolute Gasteiger partial charge is 0.326 e. The van der Waals surface area contributed by atoms with Crippen molar-refractivity contribution in [3.8, 4) is 0 Å². The lowest BCUT2D eigenvalue weighted by atomic mass is 9.92. The predicted octanol–water partition coefficient (Wildman–Crippen LogP) is 5.85. The molecule has 0 radical (unpaired) electrons. The third kappa shape index (κ3) is 7.33. The number of rotatable bonds is 10. The Hall–Kier alpha value is -4.59. The summed E-state index contributed by atoms with van der Waals surface area (Å²) >= 11 is 0. The first kappa shape index (κ1) is 28.0. The number of Topliss-reactive ketones (excluding diaryl/α,β-unsaturated/α-hetero) is 1. The monoisotopic (exact) mass is 545 g/mol. The molecule has 1 unspecified atom stereocenters. The van der Waals surface area contributed by atoms with Crippen LogP contribution < -0.4 is 10.7 Å². The minimum absolute atomic E-state index is 0.164. The van der Waals surface area contributed by atoms with Crippen LogP contribution in [0.3, 0.4) is 0 Å². The minimum atomic E-state index is -0.485. The number of anilines is 2. The van der Waals surface area contributed by atoms with Gasteiger partial charge in [0.15, 0.2) is 0 Å². The van der Waals surface area contributed by atoms with E-state index in [0.29, 0.717) is 17.0 Å². The van der Waals surface area contributed by atoms with Gasteiger partial charge in [-0.1, -0.05) is 97.1 Å². The fraction of sp³-hybridized carbons (Fsp3) is 0.206. The number of amides is 1. The van der Waals surface area contributed by atoms with Crippen molar-refractivity contribution in [3.63, 3.8) is 0 Å². The molecule has 1 aliphatic rings. The van der Waals surface area contributed by atoms with Crippen molar-refractivity contribution in [2.75, 3.05) is 36.9 Å². The number of carbonyl (C=O) groups excluding carboxylic acids is 2. The van der Waals surface area contributed by atoms with Crippen molar-refractivity contribution in [1.29, 1.82) is 0 Å². The number of nitrogens with one attached hydrogen (secondary N) is 2. The molecule has 7 heteroatoms. The van der Waals surface area contributed by atoms with Crippen LogP contribution in [0.25, 0.3) is 0 Å². The smallest absolute Gasteiger partial charge is 0.221 e. The standard InChI is InChI=1S/C34H35N5O2/c1-26(40)35-31-20-12-11-19-30(31)33(39-23-21-38(22-24-39)25-27-13-5-2-6-14-27)32(34(41)28-15-7-3-8-16-28)37-36-29-17-9-4-10-18-29/h2-20,33,36H,21-25H2,1H3,(H,35,40)/b37-32+. The summed E-state index contributed by atoms with van der Waals surface area (Å²) in [5.41, 5.74) is 7.63. The lowest BCUT2D eigenvalue weighted by Crippen LogP contribution is -2.50. The van der Waals surface area contributed by atoms with Gasteiger partial charge in [-0.05, 0) is 29.3 Å². The maximum Gasteiger partial charge on any atom is 0.221 e. The van der Waals surface area contributed by atoms with Gasteiger partial charge in [-0.25, -0.2) is 0 Å². The highest BCUT2D eigenvalue weighted by molar-refractivity contribution is 6.47. The van der Waals surface area contributed by atoms with Crippen LogP contribution in [0.1, 0.15) is 34.5 Å². The Morgan fingerprint density at radius 2 is 1.34 bits per heavy atom. The maximum atomic E-state index is 14.2. The van der Waals surface area contributed by atoms with Crippen molar-refractivity contribution < 1.29 is 9.59 Å². The van der Waals surface area contributed by atoms with E-state index in [2.05, 4.69) is 44.8 Å². The van der Waals surface area contributed by atoms with Gasteiger partial charge >= 0.3 is 0 Å². The fourth-order valence-electron chi connectivity index (χ4n) is 5.19. The van der Waals surface area contributed by atoms with Crippen molar-refractivity contribution in [1.82, 2.24) is 9.80 Å². The number of benzene rings is 4. The molecule has 0 spiro atoms. The Morgan fingerprint density at radius 3 is 2.00 bits per heavy atom. The van der Waals surface area contributed by atoms with Crippen LogP contribution in [0, 0.1) is 0 Å². The summed E-state index contributed by atoms with van der Waals surface area (Å²) in [7, 11) is 0. The molecule has 208 valence electrons. The Labute approximate surface area is 241 Å². The number of piperazine rings is 1. The zero-order valence-electron chi connectivity index (χ0n) is 23.2. The Kier molecular flexibility index (Phi) is 9.31. The molecule has 4 aromatic rings. The van der Waals surface area contributed by atoms with Crippen molar-refractivity contribution in [3.05, 3.63) is 132 Å². The maximum absolute atomic E-state index is 14.2. The van der Waals surface area contributed by atoms with Gasteiger partial charge in [0, 0.05) is 50.9 Å². The van der Waals surface area contributed by atoms with Gasteiger partial charge in [0.05, 0.1) is 11.7 Å². The molecule has 41 heavy (non-hydrogen) atoms. The molecule has 1 amide bonds. The summed E-state index contributed by atoms with van der Waals surface area (Å²) < 4.78 is 0. The second-order valence-electron chi connectivity index (χ2n) is 10.1. The molecule has 1 heterocycles. The van der Waals surface area contributed by atoms with Gasteiger partial charge < -0.3 is 5.32 Å². The molecule has 1 saturated heterocycles. The summed E-state index contributed by atoms with van der Waals surface area (Å²) in [5.74, 6) is -0.331. The van der Waals surface area contributed by atoms with Gasteiger partial charge in [-0.3, -0.25) is 24.8 Å². The van der Waals surface area contributed by atoms with E-state index in [1.807, 2.05) is 91.0 Å². The lowest BCUT2D eigenvalue weighted by Gasteiger charge is -2.40. The molecule has 0 bridgehead atoms. The molecule has 0 aromatic heterocycles. The number of hydrogen-bond acceptors (Lipinski definition) is 6. The van der Waals surface area contributed by atoms with E-state index in [4.69, 9.17) is 5.10 Å². The minimum Gasteiger partial charge on any atom is -0.326 e. The molecule has 4 aromatic carbocycles. The molecule has 0 aliphatic carbocycles. The van der Waals surface area contributed by atoms with Gasteiger partial charge in [-0.15, -0.1) is 0 Å². The highest BCUT2D eigenvalue weighted by atomic mass is 16.1. The SMILES string of the molecule is CC(=O)Nc1ccccc1C(/C(=N\Nc1ccccc1)C(=O)c1ccccc1)N1CCN(Cc2ccccc2)CC1. The Balaban J connectivity index is 1.53. The van der Waals surface area contributed by atoms with E-state index in [0.717, 1.165) is 44.0 Å². The summed E-state index contributed by atoms with van der Waals surface area (Å²) in [6.07, 6.45) is 0. The van der Waals surface area contributed by atoms with E-state index < -0.39 is 6.04 Å². The summed E-state index contributed by atoms with van der Waals surface area (Å²) in [6.45, 7) is 5.52. The number of ketones is 1. The van der Waals surface area contributed by atoms with Gasteiger partial charge in [-0.2, -0.15) is 5.10 Å². The summed E-state index contributed by atoms with van der Waals surface area (Å²) in [5, 5.41) is 7.76. The first-order valence-corrected chi connectivity index (χ1v) is 13.9. The average Bonchev–Trinajstić information content (AvgIpc) is 3.01. The molecule has 5 rings (SSSR count). The molecular weight excluding hydrogens is 510 g/mol. The molecule has 7 nitrogen and oxygen atoms in total. The summed E-state index contributed by atoms with van der Waals surface area (Å²) in [4.78, 5) is 31.1. The fourth-order valence-corrected chi connectivity index (χ4v) is 5.19. The van der Waals surface area contributed by atoms with Crippen molar-refractivity contribution >= 4 is 28.8 Å². The zero-order chi connectivity index (χ0) is 28.4. The van der Waals surface area contributed by atoms with Crippen LogP contribution in [-0.4, -0.2) is 53.4 Å². The van der Waals surface area contributed by atoms with Crippen molar-refractivity contribution in [2.45, 2.75) is 19.5 Å². The molecule has 1 atom stereocenters. The average molecular weight is 546 g/mol. The van der Waals surface area contributed by atoms with Crippen LogP contribution >= 0.6 is 0 Å². The quantitative estimate of drug-likeness (QED) is 0.148. The molecule has 1 aliphatic heterocycles. The second-order valence-corrected chi connectivity index (χ2v) is 10.1.